The van der Waals surface area contributed by atoms with Crippen LogP contribution in [0.25, 0.3) is 0 Å². The van der Waals surface area contributed by atoms with E-state index >= 15 is 0 Å². The van der Waals surface area contributed by atoms with Crippen LogP contribution < -0.4 is 14.8 Å². The summed E-state index contributed by atoms with van der Waals surface area (Å²) in [7, 11) is 1.61. The smallest absolute Gasteiger partial charge is 0.234 e. The van der Waals surface area contributed by atoms with Crippen LogP contribution >= 0.6 is 0 Å². The number of benzene rings is 1. The largest absolute Gasteiger partial charge is 0.493 e. The fourth-order valence-electron chi connectivity index (χ4n) is 2.57. The van der Waals surface area contributed by atoms with Crippen molar-refractivity contribution >= 4 is 5.91 Å². The number of carbonyl (C=O) groups excluding carboxylic acids is 1. The first-order valence-corrected chi connectivity index (χ1v) is 7.88. The average molecular weight is 317 g/mol. The normalized spacial score (nSPS) is 14.3. The van der Waals surface area contributed by atoms with Gasteiger partial charge in [-0.05, 0) is 43.6 Å². The summed E-state index contributed by atoms with van der Waals surface area (Å²) in [5.74, 6) is 1.08. The van der Waals surface area contributed by atoms with Gasteiger partial charge >= 0.3 is 0 Å². The van der Waals surface area contributed by atoms with Crippen LogP contribution in [0.3, 0.4) is 0 Å². The van der Waals surface area contributed by atoms with Crippen molar-refractivity contribution in [3.05, 3.63) is 23.8 Å². The molecular weight excluding hydrogens is 294 g/mol. The van der Waals surface area contributed by atoms with E-state index in [0.717, 1.165) is 25.2 Å². The Morgan fingerprint density at radius 2 is 2.13 bits per heavy atom. The summed E-state index contributed by atoms with van der Waals surface area (Å²) in [6.45, 7) is 4.18. The maximum Gasteiger partial charge on any atom is 0.234 e. The first-order valence-electron chi connectivity index (χ1n) is 7.88. The van der Waals surface area contributed by atoms with E-state index < -0.39 is 0 Å². The molecule has 0 atom stereocenters. The molecule has 1 aliphatic heterocycles. The van der Waals surface area contributed by atoms with Crippen LogP contribution in [-0.4, -0.2) is 44.2 Å². The van der Waals surface area contributed by atoms with Gasteiger partial charge in [-0.15, -0.1) is 0 Å². The molecule has 1 saturated heterocycles. The zero-order valence-electron chi connectivity index (χ0n) is 13.5. The van der Waals surface area contributed by atoms with Gasteiger partial charge in [0.15, 0.2) is 11.5 Å². The average Bonchev–Trinajstić information content (AvgIpc) is 3.07. The Balaban J connectivity index is 1.89. The molecule has 1 aromatic carbocycles. The summed E-state index contributed by atoms with van der Waals surface area (Å²) in [5.41, 5.74) is 0.910. The summed E-state index contributed by atoms with van der Waals surface area (Å²) in [6, 6.07) is 7.40. The number of hydrogen-bond donors (Lipinski definition) is 1. The van der Waals surface area contributed by atoms with Gasteiger partial charge in [0.05, 0.1) is 13.2 Å². The molecule has 1 heterocycles. The van der Waals surface area contributed by atoms with Crippen molar-refractivity contribution in [3.8, 4) is 17.6 Å². The molecule has 6 heteroatoms. The Labute approximate surface area is 137 Å². The summed E-state index contributed by atoms with van der Waals surface area (Å²) in [5, 5.41) is 11.2. The third-order valence-corrected chi connectivity index (χ3v) is 3.82. The lowest BCUT2D eigenvalue weighted by molar-refractivity contribution is -0.120. The first kappa shape index (κ1) is 17.1. The van der Waals surface area contributed by atoms with Crippen LogP contribution in [0.4, 0.5) is 0 Å². The monoisotopic (exact) mass is 317 g/mol. The van der Waals surface area contributed by atoms with E-state index in [1.54, 1.807) is 7.11 Å². The molecule has 0 spiro atoms. The van der Waals surface area contributed by atoms with Crippen molar-refractivity contribution < 1.29 is 14.3 Å². The molecule has 1 amide bonds. The Morgan fingerprint density at radius 1 is 1.35 bits per heavy atom. The molecular formula is C17H23N3O3. The number of hydrogen-bond acceptors (Lipinski definition) is 5. The highest BCUT2D eigenvalue weighted by Gasteiger charge is 2.12. The van der Waals surface area contributed by atoms with E-state index in [-0.39, 0.29) is 12.3 Å². The van der Waals surface area contributed by atoms with E-state index in [0.29, 0.717) is 24.7 Å². The number of rotatable bonds is 8. The Kier molecular flexibility index (Phi) is 6.70. The van der Waals surface area contributed by atoms with Gasteiger partial charge in [0.25, 0.3) is 0 Å². The molecule has 1 N–H and O–H groups in total. The highest BCUT2D eigenvalue weighted by atomic mass is 16.5. The van der Waals surface area contributed by atoms with Gasteiger partial charge in [0.2, 0.25) is 5.91 Å². The minimum absolute atomic E-state index is 0.130. The second kappa shape index (κ2) is 9.01. The predicted molar refractivity (Wildman–Crippen MR) is 86.2 cm³/mol. The molecule has 1 aliphatic rings. The van der Waals surface area contributed by atoms with E-state index in [1.807, 2.05) is 24.3 Å². The molecule has 6 nitrogen and oxygen atoms in total. The Morgan fingerprint density at radius 3 is 2.83 bits per heavy atom. The topological polar surface area (TPSA) is 74.6 Å². The predicted octanol–water partition coefficient (Wildman–Crippen LogP) is 1.70. The van der Waals surface area contributed by atoms with Crippen molar-refractivity contribution in [2.75, 3.05) is 33.4 Å². The van der Waals surface area contributed by atoms with Crippen molar-refractivity contribution in [1.82, 2.24) is 10.2 Å². The van der Waals surface area contributed by atoms with Crippen LogP contribution in [0.5, 0.6) is 11.5 Å². The zero-order valence-corrected chi connectivity index (χ0v) is 13.5. The minimum Gasteiger partial charge on any atom is -0.493 e. The molecule has 1 aromatic rings. The van der Waals surface area contributed by atoms with Gasteiger partial charge in [-0.25, -0.2) is 0 Å². The summed E-state index contributed by atoms with van der Waals surface area (Å²) >= 11 is 0. The Bertz CT molecular complexity index is 563. The fourth-order valence-corrected chi connectivity index (χ4v) is 2.57. The van der Waals surface area contributed by atoms with E-state index in [9.17, 15) is 4.79 Å². The SMILES string of the molecule is COc1ccc(CNC(=O)CC#N)cc1OCCN1CCCC1. The number of nitrogens with one attached hydrogen (secondary N) is 1. The van der Waals surface area contributed by atoms with E-state index in [1.165, 1.54) is 12.8 Å². The van der Waals surface area contributed by atoms with Crippen LogP contribution in [0.1, 0.15) is 24.8 Å². The van der Waals surface area contributed by atoms with Crippen molar-refractivity contribution in [2.45, 2.75) is 25.8 Å². The third kappa shape index (κ3) is 5.46. The first-order chi connectivity index (χ1) is 11.2. The summed E-state index contributed by atoms with van der Waals surface area (Å²) in [4.78, 5) is 13.7. The molecule has 0 aliphatic carbocycles. The maximum absolute atomic E-state index is 11.3. The lowest BCUT2D eigenvalue weighted by Crippen LogP contribution is -2.25. The molecule has 0 unspecified atom stereocenters. The van der Waals surface area contributed by atoms with Crippen molar-refractivity contribution in [3.63, 3.8) is 0 Å². The van der Waals surface area contributed by atoms with Crippen molar-refractivity contribution in [1.29, 1.82) is 5.26 Å². The van der Waals surface area contributed by atoms with Crippen molar-refractivity contribution in [2.24, 2.45) is 0 Å². The lowest BCUT2D eigenvalue weighted by Gasteiger charge is -2.17. The number of methoxy groups -OCH3 is 1. The molecule has 1 fully saturated rings. The molecule has 23 heavy (non-hydrogen) atoms. The maximum atomic E-state index is 11.3. The van der Waals surface area contributed by atoms with Gasteiger partial charge in [-0.2, -0.15) is 5.26 Å². The molecule has 0 aromatic heterocycles. The number of ether oxygens (including phenoxy) is 2. The second-order valence-electron chi connectivity index (χ2n) is 5.49. The Hall–Kier alpha value is -2.26. The molecule has 0 radical (unpaired) electrons. The van der Waals surface area contributed by atoms with Crippen LogP contribution in [-0.2, 0) is 11.3 Å². The lowest BCUT2D eigenvalue weighted by atomic mass is 10.2. The molecule has 2 rings (SSSR count). The van der Waals surface area contributed by atoms with Gasteiger partial charge in [-0.3, -0.25) is 9.69 Å². The number of carbonyl (C=O) groups is 1. The van der Waals surface area contributed by atoms with Gasteiger partial charge in [-0.1, -0.05) is 6.07 Å². The molecule has 0 saturated carbocycles. The zero-order chi connectivity index (χ0) is 16.5. The number of nitrogens with zero attached hydrogens (tertiary/aromatic N) is 2. The fraction of sp³-hybridized carbons (Fsp3) is 0.529. The van der Waals surface area contributed by atoms with Crippen LogP contribution in [0.2, 0.25) is 0 Å². The molecule has 124 valence electrons. The van der Waals surface area contributed by atoms with Crippen LogP contribution in [0.15, 0.2) is 18.2 Å². The minimum atomic E-state index is -0.278. The summed E-state index contributed by atoms with van der Waals surface area (Å²) in [6.07, 6.45) is 2.40. The number of amides is 1. The molecule has 0 bridgehead atoms. The highest BCUT2D eigenvalue weighted by molar-refractivity contribution is 5.77. The third-order valence-electron chi connectivity index (χ3n) is 3.82. The second-order valence-corrected chi connectivity index (χ2v) is 5.49. The van der Waals surface area contributed by atoms with Gasteiger partial charge in [0, 0.05) is 13.1 Å². The standard InChI is InChI=1S/C17H23N3O3/c1-22-15-5-4-14(13-19-17(21)6-7-18)12-16(15)23-11-10-20-8-2-3-9-20/h4-5,12H,2-3,6,8-11,13H2,1H3,(H,19,21). The number of likely N-dealkylation sites (tertiary alicyclic amines) is 1. The number of nitriles is 1. The van der Waals surface area contributed by atoms with Crippen LogP contribution in [0, 0.1) is 11.3 Å². The van der Waals surface area contributed by atoms with E-state index in [2.05, 4.69) is 10.2 Å². The summed E-state index contributed by atoms with van der Waals surface area (Å²) < 4.78 is 11.2. The van der Waals surface area contributed by atoms with Gasteiger partial charge < -0.3 is 14.8 Å². The van der Waals surface area contributed by atoms with Gasteiger partial charge in [0.1, 0.15) is 13.0 Å². The highest BCUT2D eigenvalue weighted by Crippen LogP contribution is 2.28. The van der Waals surface area contributed by atoms with E-state index in [4.69, 9.17) is 14.7 Å². The quantitative estimate of drug-likeness (QED) is 0.790.